The van der Waals surface area contributed by atoms with Gasteiger partial charge in [0.1, 0.15) is 0 Å². The second-order valence-corrected chi connectivity index (χ2v) is 6.44. The molecule has 1 heterocycles. The van der Waals surface area contributed by atoms with Crippen LogP contribution in [0.25, 0.3) is 0 Å². The minimum absolute atomic E-state index is 0.0590. The van der Waals surface area contributed by atoms with E-state index in [2.05, 4.69) is 24.5 Å². The molecule has 0 radical (unpaired) electrons. The first kappa shape index (κ1) is 12.9. The fourth-order valence-corrected chi connectivity index (χ4v) is 2.95. The van der Waals surface area contributed by atoms with Gasteiger partial charge in [-0.25, -0.2) is 0 Å². The summed E-state index contributed by atoms with van der Waals surface area (Å²) in [6.07, 6.45) is 8.29. The number of carbonyl (C=O) groups excluding carboxylic acids is 1. The normalized spacial score (nSPS) is 30.7. The summed E-state index contributed by atoms with van der Waals surface area (Å²) in [5, 5.41) is 6.57. The van der Waals surface area contributed by atoms with Crippen molar-refractivity contribution in [2.75, 3.05) is 6.54 Å². The summed E-state index contributed by atoms with van der Waals surface area (Å²) in [6.45, 7) is 5.55. The van der Waals surface area contributed by atoms with Gasteiger partial charge in [-0.1, -0.05) is 13.8 Å². The van der Waals surface area contributed by atoms with Crippen molar-refractivity contribution in [3.63, 3.8) is 0 Å². The van der Waals surface area contributed by atoms with Gasteiger partial charge >= 0.3 is 0 Å². The van der Waals surface area contributed by atoms with Crippen molar-refractivity contribution >= 4 is 5.91 Å². The zero-order valence-corrected chi connectivity index (χ0v) is 11.2. The smallest absolute Gasteiger partial charge is 0.237 e. The molecule has 0 spiro atoms. The average molecular weight is 238 g/mol. The van der Waals surface area contributed by atoms with Crippen LogP contribution in [0.4, 0.5) is 0 Å². The van der Waals surface area contributed by atoms with Gasteiger partial charge in [0.25, 0.3) is 0 Å². The monoisotopic (exact) mass is 238 g/mol. The Balaban J connectivity index is 1.82. The lowest BCUT2D eigenvalue weighted by Gasteiger charge is -2.36. The van der Waals surface area contributed by atoms with Gasteiger partial charge in [-0.2, -0.15) is 0 Å². The third kappa shape index (κ3) is 3.70. The molecule has 0 aromatic rings. The Bertz CT molecular complexity index is 265. The Hall–Kier alpha value is -0.570. The van der Waals surface area contributed by atoms with Gasteiger partial charge in [0.2, 0.25) is 5.91 Å². The largest absolute Gasteiger partial charge is 0.355 e. The first-order valence-electron chi connectivity index (χ1n) is 7.11. The highest BCUT2D eigenvalue weighted by atomic mass is 16.2. The Kier molecular flexibility index (Phi) is 4.08. The van der Waals surface area contributed by atoms with Crippen molar-refractivity contribution in [1.82, 2.24) is 10.6 Å². The lowest BCUT2D eigenvalue weighted by atomic mass is 9.75. The van der Waals surface area contributed by atoms with E-state index in [-0.39, 0.29) is 11.9 Å². The molecule has 1 saturated carbocycles. The molecule has 1 aliphatic heterocycles. The van der Waals surface area contributed by atoms with Gasteiger partial charge in [0, 0.05) is 12.6 Å². The van der Waals surface area contributed by atoms with E-state index in [1.165, 1.54) is 25.7 Å². The van der Waals surface area contributed by atoms with E-state index in [1.807, 2.05) is 0 Å². The molecule has 1 amide bonds. The number of amides is 1. The topological polar surface area (TPSA) is 41.1 Å². The number of rotatable bonds is 2. The third-order valence-corrected chi connectivity index (χ3v) is 4.31. The number of hydrogen-bond acceptors (Lipinski definition) is 2. The highest BCUT2D eigenvalue weighted by Gasteiger charge is 2.29. The predicted molar refractivity (Wildman–Crippen MR) is 69.8 cm³/mol. The van der Waals surface area contributed by atoms with E-state index in [4.69, 9.17) is 0 Å². The van der Waals surface area contributed by atoms with Crippen LogP contribution in [0.3, 0.4) is 0 Å². The summed E-state index contributed by atoms with van der Waals surface area (Å²) in [5.74, 6) is 0.215. The number of nitrogens with one attached hydrogen (secondary N) is 2. The van der Waals surface area contributed by atoms with Gasteiger partial charge in [-0.05, 0) is 50.4 Å². The molecule has 1 atom stereocenters. The molecule has 98 valence electrons. The Morgan fingerprint density at radius 3 is 2.59 bits per heavy atom. The highest BCUT2D eigenvalue weighted by molar-refractivity contribution is 5.81. The molecule has 17 heavy (non-hydrogen) atoms. The second kappa shape index (κ2) is 5.38. The molecule has 0 bridgehead atoms. The van der Waals surface area contributed by atoms with Crippen LogP contribution in [-0.2, 0) is 4.79 Å². The molecule has 3 heteroatoms. The van der Waals surface area contributed by atoms with Crippen molar-refractivity contribution in [3.05, 3.63) is 0 Å². The van der Waals surface area contributed by atoms with E-state index in [0.717, 1.165) is 25.8 Å². The third-order valence-electron chi connectivity index (χ3n) is 4.31. The maximum atomic E-state index is 11.8. The van der Waals surface area contributed by atoms with Crippen LogP contribution < -0.4 is 10.6 Å². The minimum Gasteiger partial charge on any atom is -0.355 e. The van der Waals surface area contributed by atoms with Crippen molar-refractivity contribution in [3.8, 4) is 0 Å². The van der Waals surface area contributed by atoms with Crippen LogP contribution in [0.15, 0.2) is 0 Å². The molecule has 2 N–H and O–H groups in total. The summed E-state index contributed by atoms with van der Waals surface area (Å²) >= 11 is 0. The molecular weight excluding hydrogens is 212 g/mol. The molecule has 1 unspecified atom stereocenters. The van der Waals surface area contributed by atoms with Gasteiger partial charge in [0.15, 0.2) is 0 Å². The molecule has 2 fully saturated rings. The minimum atomic E-state index is 0.0590. The summed E-state index contributed by atoms with van der Waals surface area (Å²) in [7, 11) is 0. The van der Waals surface area contributed by atoms with Crippen LogP contribution in [0.2, 0.25) is 0 Å². The molecule has 2 rings (SSSR count). The van der Waals surface area contributed by atoms with Gasteiger partial charge < -0.3 is 10.6 Å². The van der Waals surface area contributed by atoms with E-state index in [1.54, 1.807) is 0 Å². The summed E-state index contributed by atoms with van der Waals surface area (Å²) in [4.78, 5) is 11.8. The SMILES string of the molecule is CC1(C)CCC(NC2CCCCNC2=O)CC1. The van der Waals surface area contributed by atoms with Crippen molar-refractivity contribution < 1.29 is 4.79 Å². The molecule has 3 nitrogen and oxygen atoms in total. The zero-order chi connectivity index (χ0) is 12.3. The molecule has 1 aliphatic carbocycles. The lowest BCUT2D eigenvalue weighted by molar-refractivity contribution is -0.123. The van der Waals surface area contributed by atoms with Crippen LogP contribution in [0.1, 0.15) is 58.8 Å². The Morgan fingerprint density at radius 2 is 1.88 bits per heavy atom. The first-order valence-corrected chi connectivity index (χ1v) is 7.11. The lowest BCUT2D eigenvalue weighted by Crippen LogP contribution is -2.48. The Labute approximate surface area is 105 Å². The summed E-state index contributed by atoms with van der Waals surface area (Å²) in [5.41, 5.74) is 0.504. The average Bonchev–Trinajstić information content (AvgIpc) is 2.47. The fraction of sp³-hybridized carbons (Fsp3) is 0.929. The van der Waals surface area contributed by atoms with E-state index in [9.17, 15) is 4.79 Å². The molecule has 1 saturated heterocycles. The standard InChI is InChI=1S/C14H26N2O/c1-14(2)8-6-11(7-9-14)16-12-5-3-4-10-15-13(12)17/h11-12,16H,3-10H2,1-2H3,(H,15,17). The van der Waals surface area contributed by atoms with Crippen LogP contribution in [-0.4, -0.2) is 24.5 Å². The van der Waals surface area contributed by atoms with Crippen molar-refractivity contribution in [2.24, 2.45) is 5.41 Å². The van der Waals surface area contributed by atoms with Crippen LogP contribution in [0.5, 0.6) is 0 Å². The molecular formula is C14H26N2O. The second-order valence-electron chi connectivity index (χ2n) is 6.44. The summed E-state index contributed by atoms with van der Waals surface area (Å²) in [6, 6.07) is 0.612. The maximum absolute atomic E-state index is 11.8. The maximum Gasteiger partial charge on any atom is 0.237 e. The predicted octanol–water partition coefficient (Wildman–Crippen LogP) is 2.21. The van der Waals surface area contributed by atoms with Gasteiger partial charge in [0.05, 0.1) is 6.04 Å². The first-order chi connectivity index (χ1) is 8.07. The van der Waals surface area contributed by atoms with Crippen molar-refractivity contribution in [2.45, 2.75) is 70.9 Å². The quantitative estimate of drug-likeness (QED) is 0.774. The number of hydrogen-bond donors (Lipinski definition) is 2. The van der Waals surface area contributed by atoms with Gasteiger partial charge in [-0.3, -0.25) is 4.79 Å². The molecule has 0 aromatic carbocycles. The molecule has 0 aromatic heterocycles. The highest BCUT2D eigenvalue weighted by Crippen LogP contribution is 2.35. The fourth-order valence-electron chi connectivity index (χ4n) is 2.95. The van der Waals surface area contributed by atoms with Crippen LogP contribution in [0, 0.1) is 5.41 Å². The van der Waals surface area contributed by atoms with E-state index in [0.29, 0.717) is 11.5 Å². The summed E-state index contributed by atoms with van der Waals surface area (Å²) < 4.78 is 0. The zero-order valence-electron chi connectivity index (χ0n) is 11.2. The number of carbonyl (C=O) groups is 1. The molecule has 2 aliphatic rings. The van der Waals surface area contributed by atoms with Gasteiger partial charge in [-0.15, -0.1) is 0 Å². The van der Waals surface area contributed by atoms with E-state index >= 15 is 0 Å². The van der Waals surface area contributed by atoms with Crippen molar-refractivity contribution in [1.29, 1.82) is 0 Å². The Morgan fingerprint density at radius 1 is 1.18 bits per heavy atom. The van der Waals surface area contributed by atoms with E-state index < -0.39 is 0 Å². The van der Waals surface area contributed by atoms with Crippen LogP contribution >= 0.6 is 0 Å².